The highest BCUT2D eigenvalue weighted by molar-refractivity contribution is 5.30. The van der Waals surface area contributed by atoms with E-state index in [2.05, 4.69) is 58.9 Å². The number of hydrogen-bond donors (Lipinski definition) is 0. The molecule has 0 heterocycles. The van der Waals surface area contributed by atoms with Gasteiger partial charge in [0.1, 0.15) is 0 Å². The number of aryl methyl sites for hydroxylation is 1. The molecule has 0 heteroatoms. The molecule has 0 nitrogen and oxygen atoms in total. The van der Waals surface area contributed by atoms with E-state index >= 15 is 0 Å². The molecule has 0 aromatic heterocycles. The average molecular weight is 315 g/mol. The molecular formula is C23H38. The standard InChI is InChI=1S/C23H38/c1-6-7-10-20-11-8-9-12-22(20)19(3)17-23(4,5)21-15-13-18(2)14-16-21/h8-9,11-12,18-19,21H,6-7,10,13-17H2,1-5H3. The normalized spacial score (nSPS) is 23.7. The largest absolute Gasteiger partial charge is 0.0654 e. The minimum atomic E-state index is 0.470. The van der Waals surface area contributed by atoms with Crippen molar-refractivity contribution < 1.29 is 0 Å². The molecule has 130 valence electrons. The Kier molecular flexibility index (Phi) is 6.74. The third-order valence-electron chi connectivity index (χ3n) is 6.34. The molecule has 1 unspecified atom stereocenters. The molecule has 1 atom stereocenters. The lowest BCUT2D eigenvalue weighted by molar-refractivity contribution is 0.120. The summed E-state index contributed by atoms with van der Waals surface area (Å²) in [6, 6.07) is 9.19. The summed E-state index contributed by atoms with van der Waals surface area (Å²) in [5, 5.41) is 0. The Morgan fingerprint density at radius 2 is 1.74 bits per heavy atom. The van der Waals surface area contributed by atoms with Gasteiger partial charge in [0, 0.05) is 0 Å². The first kappa shape index (κ1) is 18.6. The molecule has 0 amide bonds. The monoisotopic (exact) mass is 314 g/mol. The summed E-state index contributed by atoms with van der Waals surface area (Å²) in [7, 11) is 0. The van der Waals surface area contributed by atoms with Crippen LogP contribution in [0.4, 0.5) is 0 Å². The molecule has 1 aliphatic carbocycles. The third-order valence-corrected chi connectivity index (χ3v) is 6.34. The molecule has 2 rings (SSSR count). The van der Waals surface area contributed by atoms with Crippen molar-refractivity contribution in [2.75, 3.05) is 0 Å². The van der Waals surface area contributed by atoms with Crippen LogP contribution in [0.2, 0.25) is 0 Å². The Labute approximate surface area is 145 Å². The molecule has 1 fully saturated rings. The van der Waals surface area contributed by atoms with E-state index in [9.17, 15) is 0 Å². The van der Waals surface area contributed by atoms with Crippen LogP contribution in [0.25, 0.3) is 0 Å². The van der Waals surface area contributed by atoms with Crippen molar-refractivity contribution in [3.05, 3.63) is 35.4 Å². The van der Waals surface area contributed by atoms with Gasteiger partial charge in [-0.15, -0.1) is 0 Å². The Hall–Kier alpha value is -0.780. The van der Waals surface area contributed by atoms with Crippen LogP contribution in [0.5, 0.6) is 0 Å². The van der Waals surface area contributed by atoms with Crippen LogP contribution in [-0.2, 0) is 6.42 Å². The molecule has 0 spiro atoms. The minimum Gasteiger partial charge on any atom is -0.0654 e. The molecule has 23 heavy (non-hydrogen) atoms. The first-order chi connectivity index (χ1) is 10.9. The molecule has 0 saturated heterocycles. The van der Waals surface area contributed by atoms with Gasteiger partial charge in [0.15, 0.2) is 0 Å². The maximum atomic E-state index is 2.53. The summed E-state index contributed by atoms with van der Waals surface area (Å²) in [6.45, 7) is 12.2. The van der Waals surface area contributed by atoms with Gasteiger partial charge in [-0.2, -0.15) is 0 Å². The van der Waals surface area contributed by atoms with E-state index in [-0.39, 0.29) is 0 Å². The lowest BCUT2D eigenvalue weighted by Crippen LogP contribution is -2.29. The van der Waals surface area contributed by atoms with Gasteiger partial charge in [0.05, 0.1) is 0 Å². The van der Waals surface area contributed by atoms with Gasteiger partial charge in [-0.05, 0) is 66.4 Å². The molecule has 0 bridgehead atoms. The summed E-state index contributed by atoms with van der Waals surface area (Å²) in [5.41, 5.74) is 3.67. The topological polar surface area (TPSA) is 0 Å². The van der Waals surface area contributed by atoms with E-state index in [0.717, 1.165) is 11.8 Å². The SMILES string of the molecule is CCCCc1ccccc1C(C)CC(C)(C)C1CCC(C)CC1. The maximum Gasteiger partial charge on any atom is -0.0182 e. The van der Waals surface area contributed by atoms with E-state index < -0.39 is 0 Å². The smallest absolute Gasteiger partial charge is 0.0182 e. The summed E-state index contributed by atoms with van der Waals surface area (Å²) >= 11 is 0. The average Bonchev–Trinajstić information content (AvgIpc) is 2.53. The fourth-order valence-corrected chi connectivity index (χ4v) is 4.72. The molecule has 1 aromatic rings. The second-order valence-corrected chi connectivity index (χ2v) is 8.85. The summed E-state index contributed by atoms with van der Waals surface area (Å²) in [4.78, 5) is 0. The quantitative estimate of drug-likeness (QED) is 0.492. The lowest BCUT2D eigenvalue weighted by atomic mass is 9.65. The van der Waals surface area contributed by atoms with Crippen molar-refractivity contribution in [2.24, 2.45) is 17.3 Å². The van der Waals surface area contributed by atoms with Gasteiger partial charge in [0.25, 0.3) is 0 Å². The zero-order valence-electron chi connectivity index (χ0n) is 16.2. The molecule has 1 aliphatic rings. The molecule has 0 radical (unpaired) electrons. The van der Waals surface area contributed by atoms with Crippen LogP contribution in [0.15, 0.2) is 24.3 Å². The molecule has 1 saturated carbocycles. The van der Waals surface area contributed by atoms with Gasteiger partial charge in [-0.25, -0.2) is 0 Å². The fraction of sp³-hybridized carbons (Fsp3) is 0.739. The van der Waals surface area contributed by atoms with E-state index in [0.29, 0.717) is 11.3 Å². The highest BCUT2D eigenvalue weighted by atomic mass is 14.4. The predicted octanol–water partition coefficient (Wildman–Crippen LogP) is 7.38. The van der Waals surface area contributed by atoms with Crippen LogP contribution < -0.4 is 0 Å². The molecule has 0 N–H and O–H groups in total. The summed E-state index contributed by atoms with van der Waals surface area (Å²) < 4.78 is 0. The van der Waals surface area contributed by atoms with Crippen molar-refractivity contribution in [3.8, 4) is 0 Å². The number of rotatable bonds is 7. The zero-order valence-corrected chi connectivity index (χ0v) is 16.2. The van der Waals surface area contributed by atoms with E-state index in [1.807, 2.05) is 0 Å². The lowest BCUT2D eigenvalue weighted by Gasteiger charge is -2.40. The van der Waals surface area contributed by atoms with Crippen molar-refractivity contribution in [3.63, 3.8) is 0 Å². The van der Waals surface area contributed by atoms with Crippen LogP contribution in [0.3, 0.4) is 0 Å². The van der Waals surface area contributed by atoms with Crippen molar-refractivity contribution >= 4 is 0 Å². The van der Waals surface area contributed by atoms with Gasteiger partial charge in [0.2, 0.25) is 0 Å². The maximum absolute atomic E-state index is 2.53. The molecular weight excluding hydrogens is 276 g/mol. The van der Waals surface area contributed by atoms with E-state index in [4.69, 9.17) is 0 Å². The number of hydrogen-bond acceptors (Lipinski definition) is 0. The highest BCUT2D eigenvalue weighted by Crippen LogP contribution is 2.45. The minimum absolute atomic E-state index is 0.470. The van der Waals surface area contributed by atoms with Crippen LogP contribution in [-0.4, -0.2) is 0 Å². The van der Waals surface area contributed by atoms with Gasteiger partial charge in [-0.3, -0.25) is 0 Å². The van der Waals surface area contributed by atoms with Gasteiger partial charge >= 0.3 is 0 Å². The molecule has 0 aliphatic heterocycles. The molecule has 1 aromatic carbocycles. The predicted molar refractivity (Wildman–Crippen MR) is 103 cm³/mol. The van der Waals surface area contributed by atoms with E-state index in [1.54, 1.807) is 11.1 Å². The third kappa shape index (κ3) is 5.10. The van der Waals surface area contributed by atoms with Crippen LogP contribution >= 0.6 is 0 Å². The van der Waals surface area contributed by atoms with Gasteiger partial charge in [-0.1, -0.05) is 78.1 Å². The Balaban J connectivity index is 2.04. The number of benzene rings is 1. The van der Waals surface area contributed by atoms with Crippen LogP contribution in [0.1, 0.15) is 96.6 Å². The zero-order chi connectivity index (χ0) is 16.9. The Morgan fingerprint density at radius 3 is 2.39 bits per heavy atom. The Morgan fingerprint density at radius 1 is 1.09 bits per heavy atom. The number of unbranched alkanes of at least 4 members (excludes halogenated alkanes) is 1. The fourth-order valence-electron chi connectivity index (χ4n) is 4.72. The second-order valence-electron chi connectivity index (χ2n) is 8.85. The highest BCUT2D eigenvalue weighted by Gasteiger charge is 2.33. The van der Waals surface area contributed by atoms with Crippen molar-refractivity contribution in [1.82, 2.24) is 0 Å². The summed E-state index contributed by atoms with van der Waals surface area (Å²) in [6.07, 6.45) is 10.9. The summed E-state index contributed by atoms with van der Waals surface area (Å²) in [5.74, 6) is 2.55. The van der Waals surface area contributed by atoms with Gasteiger partial charge < -0.3 is 0 Å². The van der Waals surface area contributed by atoms with Crippen molar-refractivity contribution in [2.45, 2.75) is 91.9 Å². The first-order valence-corrected chi connectivity index (χ1v) is 10.0. The van der Waals surface area contributed by atoms with Crippen LogP contribution in [0, 0.1) is 17.3 Å². The Bertz CT molecular complexity index is 463. The second kappa shape index (κ2) is 8.36. The van der Waals surface area contributed by atoms with Crippen molar-refractivity contribution in [1.29, 1.82) is 0 Å². The first-order valence-electron chi connectivity index (χ1n) is 10.0. The van der Waals surface area contributed by atoms with E-state index in [1.165, 1.54) is 51.4 Å².